The van der Waals surface area contributed by atoms with Crippen molar-refractivity contribution >= 4 is 11.6 Å². The van der Waals surface area contributed by atoms with Crippen LogP contribution < -0.4 is 5.73 Å². The summed E-state index contributed by atoms with van der Waals surface area (Å²) in [5.41, 5.74) is 7.77. The van der Waals surface area contributed by atoms with Crippen molar-refractivity contribution in [2.24, 2.45) is 5.73 Å². The average molecular weight is 317 g/mol. The van der Waals surface area contributed by atoms with Gasteiger partial charge in [-0.2, -0.15) is 5.10 Å². The number of benzene rings is 2. The second-order valence-corrected chi connectivity index (χ2v) is 5.31. The predicted molar refractivity (Wildman–Crippen MR) is 83.5 cm³/mol. The van der Waals surface area contributed by atoms with E-state index in [1.54, 1.807) is 29.8 Å². The van der Waals surface area contributed by atoms with E-state index in [4.69, 9.17) is 17.3 Å². The quantitative estimate of drug-likeness (QED) is 0.805. The molecule has 1 aromatic heterocycles. The van der Waals surface area contributed by atoms with Crippen LogP contribution in [0.2, 0.25) is 5.02 Å². The van der Waals surface area contributed by atoms with Gasteiger partial charge in [-0.05, 0) is 42.8 Å². The fourth-order valence-electron chi connectivity index (χ4n) is 2.27. The highest BCUT2D eigenvalue weighted by Crippen LogP contribution is 2.26. The van der Waals surface area contributed by atoms with Gasteiger partial charge in [0.15, 0.2) is 5.82 Å². The standard InChI is InChI=1S/C16H14ClFN4/c1-10-20-16(15(19)13-4-2-3-5-14(13)17)22(21-10)12-8-6-11(18)7-9-12/h2-9,15H,19H2,1H3/t15-/m0/s1. The normalized spacial score (nSPS) is 12.4. The molecule has 1 heterocycles. The smallest absolute Gasteiger partial charge is 0.154 e. The van der Waals surface area contributed by atoms with E-state index in [9.17, 15) is 4.39 Å². The Balaban J connectivity index is 2.08. The molecule has 0 saturated carbocycles. The van der Waals surface area contributed by atoms with Gasteiger partial charge < -0.3 is 5.73 Å². The van der Waals surface area contributed by atoms with Gasteiger partial charge in [-0.15, -0.1) is 0 Å². The molecule has 3 rings (SSSR count). The van der Waals surface area contributed by atoms with Crippen LogP contribution in [-0.4, -0.2) is 14.8 Å². The van der Waals surface area contributed by atoms with Gasteiger partial charge in [-0.3, -0.25) is 0 Å². The molecule has 0 aliphatic rings. The van der Waals surface area contributed by atoms with E-state index in [0.717, 1.165) is 5.56 Å². The molecule has 0 fully saturated rings. The first kappa shape index (κ1) is 14.7. The Hall–Kier alpha value is -2.24. The van der Waals surface area contributed by atoms with Gasteiger partial charge in [-0.25, -0.2) is 14.1 Å². The zero-order chi connectivity index (χ0) is 15.7. The van der Waals surface area contributed by atoms with Crippen LogP contribution in [0.3, 0.4) is 0 Å². The number of nitrogens with zero attached hydrogens (tertiary/aromatic N) is 3. The van der Waals surface area contributed by atoms with Crippen molar-refractivity contribution in [3.8, 4) is 5.69 Å². The monoisotopic (exact) mass is 316 g/mol. The summed E-state index contributed by atoms with van der Waals surface area (Å²) in [5, 5.41) is 4.92. The topological polar surface area (TPSA) is 56.7 Å². The van der Waals surface area contributed by atoms with Crippen molar-refractivity contribution in [1.29, 1.82) is 0 Å². The van der Waals surface area contributed by atoms with Crippen LogP contribution in [-0.2, 0) is 0 Å². The summed E-state index contributed by atoms with van der Waals surface area (Å²) in [6.07, 6.45) is 0. The summed E-state index contributed by atoms with van der Waals surface area (Å²) in [4.78, 5) is 4.40. The Morgan fingerprint density at radius 1 is 1.14 bits per heavy atom. The van der Waals surface area contributed by atoms with Crippen molar-refractivity contribution in [1.82, 2.24) is 14.8 Å². The Labute approximate surface area is 132 Å². The fraction of sp³-hybridized carbons (Fsp3) is 0.125. The molecule has 22 heavy (non-hydrogen) atoms. The molecule has 0 aliphatic carbocycles. The average Bonchev–Trinajstić information content (AvgIpc) is 2.90. The Bertz CT molecular complexity index is 798. The van der Waals surface area contributed by atoms with Gasteiger partial charge in [0.2, 0.25) is 0 Å². The van der Waals surface area contributed by atoms with Crippen LogP contribution in [0.25, 0.3) is 5.69 Å². The summed E-state index contributed by atoms with van der Waals surface area (Å²) in [6, 6.07) is 12.8. The first-order valence-electron chi connectivity index (χ1n) is 6.76. The molecular weight excluding hydrogens is 303 g/mol. The minimum Gasteiger partial charge on any atom is -0.318 e. The summed E-state index contributed by atoms with van der Waals surface area (Å²) in [5.74, 6) is 0.830. The third-order valence-electron chi connectivity index (χ3n) is 3.33. The molecule has 2 N–H and O–H groups in total. The summed E-state index contributed by atoms with van der Waals surface area (Å²) in [7, 11) is 0. The van der Waals surface area contributed by atoms with Crippen LogP contribution in [0.15, 0.2) is 48.5 Å². The molecule has 0 amide bonds. The van der Waals surface area contributed by atoms with E-state index in [2.05, 4.69) is 10.1 Å². The lowest BCUT2D eigenvalue weighted by Crippen LogP contribution is -2.18. The highest BCUT2D eigenvalue weighted by molar-refractivity contribution is 6.31. The van der Waals surface area contributed by atoms with E-state index in [0.29, 0.717) is 22.4 Å². The maximum Gasteiger partial charge on any atom is 0.154 e. The molecule has 0 radical (unpaired) electrons. The first-order valence-corrected chi connectivity index (χ1v) is 7.13. The molecule has 3 aromatic rings. The zero-order valence-corrected chi connectivity index (χ0v) is 12.6. The molecular formula is C16H14ClFN4. The van der Waals surface area contributed by atoms with Crippen LogP contribution in [0.1, 0.15) is 23.3 Å². The molecule has 4 nitrogen and oxygen atoms in total. The molecule has 0 bridgehead atoms. The molecule has 2 aromatic carbocycles. The van der Waals surface area contributed by atoms with Gasteiger partial charge >= 0.3 is 0 Å². The fourth-order valence-corrected chi connectivity index (χ4v) is 2.52. The number of hydrogen-bond donors (Lipinski definition) is 1. The van der Waals surface area contributed by atoms with Crippen molar-refractivity contribution in [3.63, 3.8) is 0 Å². The third-order valence-corrected chi connectivity index (χ3v) is 3.67. The predicted octanol–water partition coefficient (Wildman–Crippen LogP) is 3.42. The minimum atomic E-state index is -0.528. The molecule has 0 saturated heterocycles. The maximum absolute atomic E-state index is 13.1. The maximum atomic E-state index is 13.1. The van der Waals surface area contributed by atoms with Crippen molar-refractivity contribution in [2.45, 2.75) is 13.0 Å². The third kappa shape index (κ3) is 2.73. The number of halogens is 2. The Morgan fingerprint density at radius 3 is 2.50 bits per heavy atom. The molecule has 1 atom stereocenters. The van der Waals surface area contributed by atoms with E-state index in [-0.39, 0.29) is 5.82 Å². The minimum absolute atomic E-state index is 0.308. The Morgan fingerprint density at radius 2 is 1.82 bits per heavy atom. The van der Waals surface area contributed by atoms with Crippen LogP contribution in [0.4, 0.5) is 4.39 Å². The van der Waals surface area contributed by atoms with Gasteiger partial charge in [0.1, 0.15) is 11.6 Å². The zero-order valence-electron chi connectivity index (χ0n) is 11.9. The van der Waals surface area contributed by atoms with Gasteiger partial charge in [0.25, 0.3) is 0 Å². The highest BCUT2D eigenvalue weighted by atomic mass is 35.5. The first-order chi connectivity index (χ1) is 10.6. The lowest BCUT2D eigenvalue weighted by atomic mass is 10.1. The molecule has 112 valence electrons. The lowest BCUT2D eigenvalue weighted by molar-refractivity contribution is 0.626. The van der Waals surface area contributed by atoms with Crippen LogP contribution in [0, 0.1) is 12.7 Å². The summed E-state index contributed by atoms with van der Waals surface area (Å²) in [6.45, 7) is 1.78. The highest BCUT2D eigenvalue weighted by Gasteiger charge is 2.20. The largest absolute Gasteiger partial charge is 0.318 e. The van der Waals surface area contributed by atoms with Gasteiger partial charge in [0.05, 0.1) is 11.7 Å². The van der Waals surface area contributed by atoms with Crippen molar-refractivity contribution < 1.29 is 4.39 Å². The van der Waals surface area contributed by atoms with E-state index in [1.807, 2.05) is 18.2 Å². The van der Waals surface area contributed by atoms with Gasteiger partial charge in [-0.1, -0.05) is 29.8 Å². The number of nitrogens with two attached hydrogens (primary N) is 1. The molecule has 0 spiro atoms. The molecule has 6 heteroatoms. The van der Waals surface area contributed by atoms with Crippen LogP contribution in [0.5, 0.6) is 0 Å². The van der Waals surface area contributed by atoms with Gasteiger partial charge in [0, 0.05) is 5.02 Å². The number of rotatable bonds is 3. The second-order valence-electron chi connectivity index (χ2n) is 4.90. The summed E-state index contributed by atoms with van der Waals surface area (Å²) < 4.78 is 14.7. The van der Waals surface area contributed by atoms with E-state index < -0.39 is 6.04 Å². The molecule has 0 aliphatic heterocycles. The van der Waals surface area contributed by atoms with Crippen molar-refractivity contribution in [2.75, 3.05) is 0 Å². The summed E-state index contributed by atoms with van der Waals surface area (Å²) >= 11 is 6.21. The SMILES string of the molecule is Cc1nc([C@@H](N)c2ccccc2Cl)n(-c2ccc(F)cc2)n1. The number of aryl methyl sites for hydroxylation is 1. The van der Waals surface area contributed by atoms with Crippen LogP contribution >= 0.6 is 11.6 Å². The molecule has 0 unspecified atom stereocenters. The lowest BCUT2D eigenvalue weighted by Gasteiger charge is -2.14. The number of aromatic nitrogens is 3. The number of hydrogen-bond acceptors (Lipinski definition) is 3. The second kappa shape index (κ2) is 5.87. The van der Waals surface area contributed by atoms with E-state index in [1.165, 1.54) is 12.1 Å². The van der Waals surface area contributed by atoms with E-state index >= 15 is 0 Å². The van der Waals surface area contributed by atoms with Crippen molar-refractivity contribution in [3.05, 3.63) is 76.6 Å². The Kier molecular flexibility index (Phi) is 3.92.